The highest BCUT2D eigenvalue weighted by atomic mass is 79.9. The van der Waals surface area contributed by atoms with E-state index in [2.05, 4.69) is 66.3 Å². The minimum absolute atomic E-state index is 0.0553. The van der Waals surface area contributed by atoms with E-state index in [1.807, 2.05) is 36.4 Å². The van der Waals surface area contributed by atoms with Gasteiger partial charge in [-0.15, -0.1) is 11.3 Å². The second-order valence-corrected chi connectivity index (χ2v) is 9.79. The average molecular weight is 509 g/mol. The number of carbonyl (C=O) groups is 1. The van der Waals surface area contributed by atoms with Gasteiger partial charge in [0.25, 0.3) is 5.91 Å². The molecule has 164 valence electrons. The zero-order valence-corrected chi connectivity index (χ0v) is 20.7. The van der Waals surface area contributed by atoms with Crippen LogP contribution in [0.1, 0.15) is 37.3 Å². The number of aromatic nitrogens is 1. The summed E-state index contributed by atoms with van der Waals surface area (Å²) in [5.41, 5.74) is 5.24. The van der Waals surface area contributed by atoms with Gasteiger partial charge >= 0.3 is 0 Å². The van der Waals surface area contributed by atoms with Crippen LogP contribution in [0.15, 0.2) is 65.1 Å². The van der Waals surface area contributed by atoms with E-state index in [4.69, 9.17) is 9.72 Å². The Morgan fingerprint density at radius 3 is 2.62 bits per heavy atom. The molecule has 1 atom stereocenters. The number of hydrogen-bond acceptors (Lipinski definition) is 4. The molecule has 1 amide bonds. The van der Waals surface area contributed by atoms with E-state index in [1.165, 1.54) is 15.8 Å². The van der Waals surface area contributed by atoms with Crippen molar-refractivity contribution in [1.82, 2.24) is 4.98 Å². The molecular formula is C26H25BrN2O2S. The Kier molecular flexibility index (Phi) is 6.92. The summed E-state index contributed by atoms with van der Waals surface area (Å²) in [4.78, 5) is 17.1. The van der Waals surface area contributed by atoms with Gasteiger partial charge in [0.05, 0.1) is 14.7 Å². The van der Waals surface area contributed by atoms with Crippen LogP contribution in [-0.2, 0) is 4.79 Å². The minimum atomic E-state index is -0.203. The quantitative estimate of drug-likeness (QED) is 0.280. The summed E-state index contributed by atoms with van der Waals surface area (Å²) >= 11 is 5.22. The molecule has 1 N–H and O–H groups in total. The van der Waals surface area contributed by atoms with E-state index in [-0.39, 0.29) is 12.5 Å². The second kappa shape index (κ2) is 9.84. The first-order valence-corrected chi connectivity index (χ1v) is 12.2. The Balaban J connectivity index is 1.36. The summed E-state index contributed by atoms with van der Waals surface area (Å²) in [6.45, 7) is 6.39. The predicted molar refractivity (Wildman–Crippen MR) is 137 cm³/mol. The first-order chi connectivity index (χ1) is 15.4. The molecule has 0 aliphatic rings. The van der Waals surface area contributed by atoms with E-state index in [9.17, 15) is 4.79 Å². The van der Waals surface area contributed by atoms with Crippen molar-refractivity contribution in [3.63, 3.8) is 0 Å². The highest BCUT2D eigenvalue weighted by molar-refractivity contribution is 9.10. The fraction of sp³-hybridized carbons (Fsp3) is 0.231. The molecule has 0 saturated carbocycles. The van der Waals surface area contributed by atoms with Gasteiger partial charge in [-0.05, 0) is 94.9 Å². The fourth-order valence-corrected chi connectivity index (χ4v) is 4.95. The van der Waals surface area contributed by atoms with Crippen molar-refractivity contribution in [2.45, 2.75) is 33.1 Å². The number of carbonyl (C=O) groups excluding carboxylic acids is 1. The van der Waals surface area contributed by atoms with E-state index >= 15 is 0 Å². The van der Waals surface area contributed by atoms with Crippen LogP contribution in [0.5, 0.6) is 5.75 Å². The maximum Gasteiger partial charge on any atom is 0.262 e. The molecule has 4 rings (SSSR count). The largest absolute Gasteiger partial charge is 0.483 e. The van der Waals surface area contributed by atoms with Crippen LogP contribution in [0.25, 0.3) is 20.8 Å². The number of hydrogen-bond donors (Lipinski definition) is 1. The van der Waals surface area contributed by atoms with Crippen LogP contribution < -0.4 is 10.1 Å². The van der Waals surface area contributed by atoms with Crippen LogP contribution in [-0.4, -0.2) is 17.5 Å². The molecule has 0 saturated heterocycles. The van der Waals surface area contributed by atoms with Gasteiger partial charge in [0.2, 0.25) is 0 Å². The highest BCUT2D eigenvalue weighted by Gasteiger charge is 2.11. The van der Waals surface area contributed by atoms with Crippen LogP contribution in [0, 0.1) is 6.92 Å². The molecule has 1 aromatic heterocycles. The standard InChI is InChI=1S/C26H25BrN2O2S/c1-4-17(3)19-8-12-23(21(27)14-19)31-15-25(30)28-20-9-6-18(7-10-20)26-29-22-11-5-16(2)13-24(22)32-26/h5-14,17H,4,15H2,1-3H3,(H,28,30). The van der Waals surface area contributed by atoms with Crippen molar-refractivity contribution in [2.24, 2.45) is 0 Å². The second-order valence-electron chi connectivity index (χ2n) is 7.90. The van der Waals surface area contributed by atoms with Gasteiger partial charge < -0.3 is 10.1 Å². The Morgan fingerprint density at radius 2 is 1.91 bits per heavy atom. The number of nitrogens with one attached hydrogen (secondary N) is 1. The Hall–Kier alpha value is -2.70. The molecule has 0 aliphatic carbocycles. The molecular weight excluding hydrogens is 484 g/mol. The van der Waals surface area contributed by atoms with Crippen molar-refractivity contribution in [1.29, 1.82) is 0 Å². The first kappa shape index (κ1) is 22.5. The smallest absolute Gasteiger partial charge is 0.262 e. The topological polar surface area (TPSA) is 51.2 Å². The Bertz CT molecular complexity index is 1250. The van der Waals surface area contributed by atoms with Gasteiger partial charge in [0, 0.05) is 11.3 Å². The third kappa shape index (κ3) is 5.19. The lowest BCUT2D eigenvalue weighted by atomic mass is 9.99. The molecule has 0 spiro atoms. The molecule has 1 unspecified atom stereocenters. The van der Waals surface area contributed by atoms with Gasteiger partial charge in [0.1, 0.15) is 10.8 Å². The molecule has 4 aromatic rings. The van der Waals surface area contributed by atoms with Crippen LogP contribution in [0.3, 0.4) is 0 Å². The average Bonchev–Trinajstić information content (AvgIpc) is 3.21. The lowest BCUT2D eigenvalue weighted by Crippen LogP contribution is -2.20. The molecule has 0 aliphatic heterocycles. The molecule has 3 aromatic carbocycles. The molecule has 0 radical (unpaired) electrons. The zero-order valence-electron chi connectivity index (χ0n) is 18.3. The Morgan fingerprint density at radius 1 is 1.12 bits per heavy atom. The summed E-state index contributed by atoms with van der Waals surface area (Å²) in [7, 11) is 0. The monoisotopic (exact) mass is 508 g/mol. The summed E-state index contributed by atoms with van der Waals surface area (Å²) < 4.78 is 7.75. The van der Waals surface area contributed by atoms with E-state index < -0.39 is 0 Å². The maximum absolute atomic E-state index is 12.4. The third-order valence-electron chi connectivity index (χ3n) is 5.46. The number of thiazole rings is 1. The number of aryl methyl sites for hydroxylation is 1. The molecule has 0 bridgehead atoms. The number of nitrogens with zero attached hydrogens (tertiary/aromatic N) is 1. The Labute approximate surface area is 200 Å². The van der Waals surface area contributed by atoms with Crippen molar-refractivity contribution >= 4 is 49.1 Å². The van der Waals surface area contributed by atoms with Crippen molar-refractivity contribution < 1.29 is 9.53 Å². The van der Waals surface area contributed by atoms with E-state index in [1.54, 1.807) is 11.3 Å². The number of halogens is 1. The number of fused-ring (bicyclic) bond motifs is 1. The van der Waals surface area contributed by atoms with E-state index in [0.717, 1.165) is 32.7 Å². The summed E-state index contributed by atoms with van der Waals surface area (Å²) in [5, 5.41) is 3.86. The maximum atomic E-state index is 12.4. The lowest BCUT2D eigenvalue weighted by Gasteiger charge is -2.13. The number of amides is 1. The SMILES string of the molecule is CCC(C)c1ccc(OCC(=O)Nc2ccc(-c3nc4ccc(C)cc4s3)cc2)c(Br)c1. The van der Waals surface area contributed by atoms with E-state index in [0.29, 0.717) is 11.7 Å². The van der Waals surface area contributed by atoms with Gasteiger partial charge in [-0.1, -0.05) is 26.0 Å². The third-order valence-corrected chi connectivity index (χ3v) is 7.14. The molecule has 32 heavy (non-hydrogen) atoms. The van der Waals surface area contributed by atoms with Crippen LogP contribution in [0.2, 0.25) is 0 Å². The number of ether oxygens (including phenoxy) is 1. The summed E-state index contributed by atoms with van der Waals surface area (Å²) in [5.74, 6) is 0.943. The molecule has 0 fully saturated rings. The van der Waals surface area contributed by atoms with Gasteiger partial charge in [-0.25, -0.2) is 4.98 Å². The molecule has 4 nitrogen and oxygen atoms in total. The van der Waals surface area contributed by atoms with Gasteiger partial charge in [-0.2, -0.15) is 0 Å². The highest BCUT2D eigenvalue weighted by Crippen LogP contribution is 2.32. The molecule has 1 heterocycles. The molecule has 6 heteroatoms. The first-order valence-electron chi connectivity index (χ1n) is 10.6. The van der Waals surface area contributed by atoms with Crippen LogP contribution in [0.4, 0.5) is 5.69 Å². The summed E-state index contributed by atoms with van der Waals surface area (Å²) in [6, 6.07) is 20.0. The number of anilines is 1. The van der Waals surface area contributed by atoms with Crippen molar-refractivity contribution in [3.8, 4) is 16.3 Å². The normalized spacial score (nSPS) is 12.0. The number of benzene rings is 3. The van der Waals surface area contributed by atoms with Crippen molar-refractivity contribution in [3.05, 3.63) is 76.3 Å². The fourth-order valence-electron chi connectivity index (χ4n) is 3.37. The van der Waals surface area contributed by atoms with Crippen molar-refractivity contribution in [2.75, 3.05) is 11.9 Å². The zero-order chi connectivity index (χ0) is 22.7. The summed E-state index contributed by atoms with van der Waals surface area (Å²) in [6.07, 6.45) is 1.08. The minimum Gasteiger partial charge on any atom is -0.483 e. The van der Waals surface area contributed by atoms with Crippen LogP contribution >= 0.6 is 27.3 Å². The predicted octanol–water partition coefficient (Wildman–Crippen LogP) is 7.57. The van der Waals surface area contributed by atoms with Gasteiger partial charge in [0.15, 0.2) is 6.61 Å². The van der Waals surface area contributed by atoms with Gasteiger partial charge in [-0.3, -0.25) is 4.79 Å². The number of rotatable bonds is 7. The lowest BCUT2D eigenvalue weighted by molar-refractivity contribution is -0.118.